The van der Waals surface area contributed by atoms with E-state index >= 15 is 0 Å². The standard InChI is InChI=1S/C6H13N2/c1-8-4-2-3-6(7)5-8/h6-7H,2-5H2,1H3. The van der Waals surface area contributed by atoms with Crippen molar-refractivity contribution in [3.63, 3.8) is 0 Å². The lowest BCUT2D eigenvalue weighted by molar-refractivity contribution is 0.248. The first kappa shape index (κ1) is 6.05. The molecule has 47 valence electrons. The van der Waals surface area contributed by atoms with Crippen molar-refractivity contribution in [1.29, 1.82) is 0 Å². The molecule has 1 heterocycles. The first-order valence-corrected chi connectivity index (χ1v) is 3.18. The average molecular weight is 113 g/mol. The fourth-order valence-electron chi connectivity index (χ4n) is 1.17. The molecule has 0 bridgehead atoms. The molecule has 2 heteroatoms. The quantitative estimate of drug-likeness (QED) is 0.445. The molecule has 2 nitrogen and oxygen atoms in total. The third kappa shape index (κ3) is 1.46. The van der Waals surface area contributed by atoms with Gasteiger partial charge in [-0.05, 0) is 26.4 Å². The lowest BCUT2D eigenvalue weighted by atomic mass is 10.1. The van der Waals surface area contributed by atoms with Gasteiger partial charge in [-0.2, -0.15) is 0 Å². The summed E-state index contributed by atoms with van der Waals surface area (Å²) in [6.45, 7) is 2.16. The number of rotatable bonds is 0. The first-order valence-electron chi connectivity index (χ1n) is 3.18. The van der Waals surface area contributed by atoms with Gasteiger partial charge in [-0.25, -0.2) is 0 Å². The van der Waals surface area contributed by atoms with Crippen LogP contribution in [0.3, 0.4) is 0 Å². The van der Waals surface area contributed by atoms with Crippen molar-refractivity contribution >= 4 is 0 Å². The molecule has 0 spiro atoms. The van der Waals surface area contributed by atoms with E-state index in [9.17, 15) is 0 Å². The zero-order valence-electron chi connectivity index (χ0n) is 5.35. The van der Waals surface area contributed by atoms with Crippen molar-refractivity contribution in [3.8, 4) is 0 Å². The van der Waals surface area contributed by atoms with E-state index in [0.717, 1.165) is 13.0 Å². The fraction of sp³-hybridized carbons (Fsp3) is 1.00. The van der Waals surface area contributed by atoms with Gasteiger partial charge in [-0.15, -0.1) is 0 Å². The van der Waals surface area contributed by atoms with Crippen LogP contribution >= 0.6 is 0 Å². The molecule has 1 N–H and O–H groups in total. The number of hydrogen-bond acceptors (Lipinski definition) is 1. The maximum Gasteiger partial charge on any atom is 0.0340 e. The van der Waals surface area contributed by atoms with Crippen LogP contribution in [0.4, 0.5) is 0 Å². The van der Waals surface area contributed by atoms with Gasteiger partial charge >= 0.3 is 0 Å². The lowest BCUT2D eigenvalue weighted by Gasteiger charge is -2.25. The number of hydrogen-bond donors (Lipinski definition) is 0. The Balaban J connectivity index is 2.23. The van der Waals surface area contributed by atoms with Gasteiger partial charge < -0.3 is 4.90 Å². The Labute approximate surface area is 50.7 Å². The molecule has 1 atom stereocenters. The van der Waals surface area contributed by atoms with Gasteiger partial charge in [0.2, 0.25) is 0 Å². The second-order valence-electron chi connectivity index (χ2n) is 2.60. The van der Waals surface area contributed by atoms with Crippen LogP contribution < -0.4 is 5.73 Å². The number of piperidine rings is 1. The van der Waals surface area contributed by atoms with Gasteiger partial charge in [0.1, 0.15) is 0 Å². The van der Waals surface area contributed by atoms with Crippen LogP contribution in [0.15, 0.2) is 0 Å². The molecule has 8 heavy (non-hydrogen) atoms. The molecule has 1 aliphatic rings. The van der Waals surface area contributed by atoms with Gasteiger partial charge in [-0.1, -0.05) is 0 Å². The highest BCUT2D eigenvalue weighted by Gasteiger charge is 2.12. The molecule has 1 radical (unpaired) electrons. The Morgan fingerprint density at radius 2 is 2.38 bits per heavy atom. The van der Waals surface area contributed by atoms with E-state index in [-0.39, 0.29) is 6.04 Å². The zero-order valence-corrected chi connectivity index (χ0v) is 5.35. The molecular formula is C6H13N2. The van der Waals surface area contributed by atoms with Crippen LogP contribution in [-0.4, -0.2) is 31.1 Å². The monoisotopic (exact) mass is 113 g/mol. The topological polar surface area (TPSA) is 27.0 Å². The van der Waals surface area contributed by atoms with E-state index in [1.165, 1.54) is 13.0 Å². The largest absolute Gasteiger partial charge is 0.305 e. The fourth-order valence-corrected chi connectivity index (χ4v) is 1.17. The molecule has 1 unspecified atom stereocenters. The highest BCUT2D eigenvalue weighted by atomic mass is 15.1. The van der Waals surface area contributed by atoms with Gasteiger partial charge in [0.05, 0.1) is 0 Å². The normalized spacial score (nSPS) is 33.0. The molecule has 0 amide bonds. The molecule has 0 saturated carbocycles. The molecule has 0 aromatic heterocycles. The summed E-state index contributed by atoms with van der Waals surface area (Å²) in [7, 11) is 2.08. The van der Waals surface area contributed by atoms with Gasteiger partial charge in [-0.3, -0.25) is 5.73 Å². The van der Waals surface area contributed by atoms with E-state index < -0.39 is 0 Å². The Morgan fingerprint density at radius 1 is 1.62 bits per heavy atom. The Bertz CT molecular complexity index is 64.9. The Kier molecular flexibility index (Phi) is 1.86. The summed E-state index contributed by atoms with van der Waals surface area (Å²) in [4.78, 5) is 2.22. The van der Waals surface area contributed by atoms with E-state index in [1.54, 1.807) is 0 Å². The number of nitrogens with one attached hydrogen (secondary N) is 1. The summed E-state index contributed by atoms with van der Waals surface area (Å²) in [5.41, 5.74) is 7.36. The van der Waals surface area contributed by atoms with Crippen LogP contribution in [0.1, 0.15) is 12.8 Å². The second kappa shape index (κ2) is 2.46. The van der Waals surface area contributed by atoms with Crippen molar-refractivity contribution in [2.75, 3.05) is 20.1 Å². The predicted octanol–water partition coefficient (Wildman–Crippen LogP) is 0.363. The molecule has 1 saturated heterocycles. The molecule has 0 aliphatic carbocycles. The van der Waals surface area contributed by atoms with Gasteiger partial charge in [0, 0.05) is 12.6 Å². The molecular weight excluding hydrogens is 100 g/mol. The molecule has 0 aromatic carbocycles. The molecule has 0 aromatic rings. The smallest absolute Gasteiger partial charge is 0.0340 e. The lowest BCUT2D eigenvalue weighted by Crippen LogP contribution is -2.35. The highest BCUT2D eigenvalue weighted by Crippen LogP contribution is 2.05. The maximum absolute atomic E-state index is 7.36. The minimum absolute atomic E-state index is 0.189. The highest BCUT2D eigenvalue weighted by molar-refractivity contribution is 4.71. The Morgan fingerprint density at radius 3 is 2.75 bits per heavy atom. The summed E-state index contributed by atoms with van der Waals surface area (Å²) in [6.07, 6.45) is 2.31. The average Bonchev–Trinajstić information content (AvgIpc) is 1.64. The van der Waals surface area contributed by atoms with Crippen LogP contribution in [0, 0.1) is 0 Å². The number of likely N-dealkylation sites (tertiary alicyclic amines) is 1. The minimum Gasteiger partial charge on any atom is -0.305 e. The van der Waals surface area contributed by atoms with Crippen LogP contribution in [0.5, 0.6) is 0 Å². The zero-order chi connectivity index (χ0) is 5.98. The van der Waals surface area contributed by atoms with Crippen molar-refractivity contribution < 1.29 is 0 Å². The predicted molar refractivity (Wildman–Crippen MR) is 33.6 cm³/mol. The molecule has 1 fully saturated rings. The SMILES string of the molecule is CN1CCCC([NH])C1. The van der Waals surface area contributed by atoms with Crippen molar-refractivity contribution in [2.24, 2.45) is 0 Å². The molecule has 1 aliphatic heterocycles. The maximum atomic E-state index is 7.36. The number of nitrogens with zero attached hydrogens (tertiary/aromatic N) is 1. The van der Waals surface area contributed by atoms with E-state index in [2.05, 4.69) is 11.9 Å². The summed E-state index contributed by atoms with van der Waals surface area (Å²) in [5.74, 6) is 0. The van der Waals surface area contributed by atoms with E-state index in [4.69, 9.17) is 5.73 Å². The third-order valence-corrected chi connectivity index (χ3v) is 1.62. The van der Waals surface area contributed by atoms with E-state index in [1.807, 2.05) is 0 Å². The summed E-state index contributed by atoms with van der Waals surface area (Å²) < 4.78 is 0. The number of likely N-dealkylation sites (N-methyl/N-ethyl adjacent to an activating group) is 1. The summed E-state index contributed by atoms with van der Waals surface area (Å²) in [6, 6.07) is 0.189. The van der Waals surface area contributed by atoms with Crippen molar-refractivity contribution in [2.45, 2.75) is 18.9 Å². The summed E-state index contributed by atoms with van der Waals surface area (Å²) in [5, 5.41) is 0. The van der Waals surface area contributed by atoms with Crippen molar-refractivity contribution in [3.05, 3.63) is 0 Å². The van der Waals surface area contributed by atoms with Crippen LogP contribution in [0.25, 0.3) is 0 Å². The first-order chi connectivity index (χ1) is 3.79. The Hall–Kier alpha value is -0.0800. The molecule has 1 rings (SSSR count). The second-order valence-corrected chi connectivity index (χ2v) is 2.60. The summed E-state index contributed by atoms with van der Waals surface area (Å²) >= 11 is 0. The third-order valence-electron chi connectivity index (χ3n) is 1.62. The van der Waals surface area contributed by atoms with Crippen LogP contribution in [0.2, 0.25) is 0 Å². The van der Waals surface area contributed by atoms with Gasteiger partial charge in [0.25, 0.3) is 0 Å². The van der Waals surface area contributed by atoms with Gasteiger partial charge in [0.15, 0.2) is 0 Å². The minimum atomic E-state index is 0.189. The van der Waals surface area contributed by atoms with Crippen molar-refractivity contribution in [1.82, 2.24) is 10.6 Å². The van der Waals surface area contributed by atoms with Crippen LogP contribution in [-0.2, 0) is 0 Å². The van der Waals surface area contributed by atoms with E-state index in [0.29, 0.717) is 0 Å².